The van der Waals surface area contributed by atoms with Crippen LogP contribution in [-0.2, 0) is 19.1 Å². The van der Waals surface area contributed by atoms with Gasteiger partial charge in [-0.15, -0.1) is 0 Å². The third kappa shape index (κ3) is 3.18. The quantitative estimate of drug-likeness (QED) is 0.717. The van der Waals surface area contributed by atoms with Crippen molar-refractivity contribution in [2.45, 2.75) is 34.1 Å². The van der Waals surface area contributed by atoms with Gasteiger partial charge in [0.2, 0.25) is 0 Å². The standard InChI is InChI=1S/C13H19NO4/c1-5-17-12(15)10-7-8(3)14-9(4)11(10)13(16)18-6-2/h10H,5-7H2,1-4H3. The number of carbonyl (C=O) groups excluding carboxylic acids is 2. The average Bonchev–Trinajstić information content (AvgIpc) is 2.28. The van der Waals surface area contributed by atoms with E-state index >= 15 is 0 Å². The molecular weight excluding hydrogens is 234 g/mol. The lowest BCUT2D eigenvalue weighted by Crippen LogP contribution is -2.30. The Balaban J connectivity index is 3.05. The van der Waals surface area contributed by atoms with E-state index in [4.69, 9.17) is 9.47 Å². The second kappa shape index (κ2) is 6.33. The zero-order valence-corrected chi connectivity index (χ0v) is 11.3. The SMILES string of the molecule is CCOC(=O)C1=C(C)N=C(C)CC1C(=O)OCC. The predicted octanol–water partition coefficient (Wildman–Crippen LogP) is 1.87. The van der Waals surface area contributed by atoms with Gasteiger partial charge in [-0.1, -0.05) is 0 Å². The molecule has 100 valence electrons. The topological polar surface area (TPSA) is 65.0 Å². The number of nitrogens with zero attached hydrogens (tertiary/aromatic N) is 1. The molecule has 0 aromatic carbocycles. The van der Waals surface area contributed by atoms with Crippen LogP contribution < -0.4 is 0 Å². The molecule has 0 saturated carbocycles. The maximum absolute atomic E-state index is 11.9. The van der Waals surface area contributed by atoms with Crippen molar-refractivity contribution in [3.8, 4) is 0 Å². The van der Waals surface area contributed by atoms with E-state index in [1.54, 1.807) is 20.8 Å². The van der Waals surface area contributed by atoms with Crippen LogP contribution in [0.15, 0.2) is 16.3 Å². The number of ether oxygens (including phenoxy) is 2. The molecule has 0 bridgehead atoms. The Kier molecular flexibility index (Phi) is 5.07. The van der Waals surface area contributed by atoms with Gasteiger partial charge >= 0.3 is 11.9 Å². The van der Waals surface area contributed by atoms with E-state index in [-0.39, 0.29) is 6.61 Å². The van der Waals surface area contributed by atoms with Gasteiger partial charge in [0.25, 0.3) is 0 Å². The molecular formula is C13H19NO4. The van der Waals surface area contributed by atoms with Crippen molar-refractivity contribution in [3.05, 3.63) is 11.3 Å². The maximum atomic E-state index is 11.9. The summed E-state index contributed by atoms with van der Waals surface area (Å²) in [5.41, 5.74) is 1.68. The van der Waals surface area contributed by atoms with E-state index in [9.17, 15) is 9.59 Å². The van der Waals surface area contributed by atoms with Crippen molar-refractivity contribution < 1.29 is 19.1 Å². The summed E-state index contributed by atoms with van der Waals surface area (Å²) >= 11 is 0. The minimum atomic E-state index is -0.596. The first-order chi connectivity index (χ1) is 8.51. The zero-order chi connectivity index (χ0) is 13.7. The predicted molar refractivity (Wildman–Crippen MR) is 67.2 cm³/mol. The molecule has 0 radical (unpaired) electrons. The molecule has 18 heavy (non-hydrogen) atoms. The molecule has 0 aromatic heterocycles. The summed E-state index contributed by atoms with van der Waals surface area (Å²) in [6.07, 6.45) is 0.407. The van der Waals surface area contributed by atoms with Gasteiger partial charge in [0.05, 0.1) is 24.7 Å². The normalized spacial score (nSPS) is 19.3. The van der Waals surface area contributed by atoms with Gasteiger partial charge < -0.3 is 9.47 Å². The molecule has 1 rings (SSSR count). The summed E-state index contributed by atoms with van der Waals surface area (Å²) in [6, 6.07) is 0. The number of rotatable bonds is 4. The van der Waals surface area contributed by atoms with Gasteiger partial charge in [-0.2, -0.15) is 0 Å². The summed E-state index contributed by atoms with van der Waals surface area (Å²) < 4.78 is 9.97. The number of hydrogen-bond donors (Lipinski definition) is 0. The molecule has 5 heteroatoms. The monoisotopic (exact) mass is 253 g/mol. The Labute approximate surface area is 107 Å². The van der Waals surface area contributed by atoms with E-state index < -0.39 is 17.9 Å². The number of esters is 2. The van der Waals surface area contributed by atoms with Crippen molar-refractivity contribution >= 4 is 17.7 Å². The second-order valence-electron chi connectivity index (χ2n) is 4.08. The number of carbonyl (C=O) groups is 2. The Morgan fingerprint density at radius 2 is 1.83 bits per heavy atom. The van der Waals surface area contributed by atoms with E-state index in [0.717, 1.165) is 5.71 Å². The van der Waals surface area contributed by atoms with Crippen molar-refractivity contribution in [2.75, 3.05) is 13.2 Å². The molecule has 0 spiro atoms. The minimum absolute atomic E-state index is 0.272. The van der Waals surface area contributed by atoms with Crippen LogP contribution in [0.4, 0.5) is 0 Å². The molecule has 0 saturated heterocycles. The molecule has 0 aromatic rings. The van der Waals surface area contributed by atoms with Gasteiger partial charge in [0.1, 0.15) is 0 Å². The fraction of sp³-hybridized carbons (Fsp3) is 0.615. The van der Waals surface area contributed by atoms with Gasteiger partial charge in [-0.25, -0.2) is 4.79 Å². The highest BCUT2D eigenvalue weighted by molar-refractivity contribution is 6.01. The van der Waals surface area contributed by atoms with Crippen molar-refractivity contribution in [2.24, 2.45) is 10.9 Å². The van der Waals surface area contributed by atoms with Crippen LogP contribution in [-0.4, -0.2) is 30.9 Å². The molecule has 1 aliphatic heterocycles. The zero-order valence-electron chi connectivity index (χ0n) is 11.3. The smallest absolute Gasteiger partial charge is 0.336 e. The fourth-order valence-corrected chi connectivity index (χ4v) is 1.98. The van der Waals surface area contributed by atoms with E-state index in [1.807, 2.05) is 6.92 Å². The summed E-state index contributed by atoms with van der Waals surface area (Å²) in [4.78, 5) is 28.0. The van der Waals surface area contributed by atoms with Gasteiger partial charge in [-0.3, -0.25) is 9.79 Å². The molecule has 1 unspecified atom stereocenters. The molecule has 1 atom stereocenters. The molecule has 0 fully saturated rings. The first-order valence-electron chi connectivity index (χ1n) is 6.09. The van der Waals surface area contributed by atoms with Crippen LogP contribution >= 0.6 is 0 Å². The van der Waals surface area contributed by atoms with Crippen molar-refractivity contribution in [1.82, 2.24) is 0 Å². The number of aliphatic imine (C=N–C) groups is 1. The fourth-order valence-electron chi connectivity index (χ4n) is 1.98. The lowest BCUT2D eigenvalue weighted by Gasteiger charge is -2.22. The molecule has 0 aliphatic carbocycles. The van der Waals surface area contributed by atoms with E-state index in [2.05, 4.69) is 4.99 Å². The Morgan fingerprint density at radius 3 is 2.39 bits per heavy atom. The first kappa shape index (κ1) is 14.4. The first-order valence-corrected chi connectivity index (χ1v) is 6.09. The lowest BCUT2D eigenvalue weighted by atomic mass is 9.89. The maximum Gasteiger partial charge on any atom is 0.336 e. The third-order valence-electron chi connectivity index (χ3n) is 2.66. The van der Waals surface area contributed by atoms with E-state index in [0.29, 0.717) is 24.3 Å². The molecule has 1 aliphatic rings. The van der Waals surface area contributed by atoms with Crippen LogP contribution in [0.1, 0.15) is 34.1 Å². The van der Waals surface area contributed by atoms with Gasteiger partial charge in [0, 0.05) is 17.8 Å². The Bertz CT molecular complexity index is 409. The minimum Gasteiger partial charge on any atom is -0.466 e. The van der Waals surface area contributed by atoms with Gasteiger partial charge in [0.15, 0.2) is 0 Å². The number of hydrogen-bond acceptors (Lipinski definition) is 5. The molecule has 1 heterocycles. The highest BCUT2D eigenvalue weighted by Gasteiger charge is 2.34. The largest absolute Gasteiger partial charge is 0.466 e. The van der Waals surface area contributed by atoms with Crippen LogP contribution in [0.25, 0.3) is 0 Å². The Hall–Kier alpha value is -1.65. The van der Waals surface area contributed by atoms with Crippen LogP contribution in [0.5, 0.6) is 0 Å². The van der Waals surface area contributed by atoms with Crippen LogP contribution in [0, 0.1) is 5.92 Å². The molecule has 5 nitrogen and oxygen atoms in total. The van der Waals surface area contributed by atoms with Crippen molar-refractivity contribution in [1.29, 1.82) is 0 Å². The van der Waals surface area contributed by atoms with E-state index in [1.165, 1.54) is 0 Å². The lowest BCUT2D eigenvalue weighted by molar-refractivity contribution is -0.150. The average molecular weight is 253 g/mol. The summed E-state index contributed by atoms with van der Waals surface area (Å²) in [5.74, 6) is -1.47. The number of allylic oxidation sites excluding steroid dienone is 1. The third-order valence-corrected chi connectivity index (χ3v) is 2.66. The van der Waals surface area contributed by atoms with Gasteiger partial charge in [-0.05, 0) is 27.7 Å². The van der Waals surface area contributed by atoms with Crippen molar-refractivity contribution in [3.63, 3.8) is 0 Å². The van der Waals surface area contributed by atoms with Crippen LogP contribution in [0.2, 0.25) is 0 Å². The molecule has 0 N–H and O–H groups in total. The summed E-state index contributed by atoms with van der Waals surface area (Å²) in [5, 5.41) is 0. The second-order valence-corrected chi connectivity index (χ2v) is 4.08. The van der Waals surface area contributed by atoms with Crippen LogP contribution in [0.3, 0.4) is 0 Å². The molecule has 0 amide bonds. The Morgan fingerprint density at radius 1 is 1.22 bits per heavy atom. The summed E-state index contributed by atoms with van der Waals surface area (Å²) in [7, 11) is 0. The highest BCUT2D eigenvalue weighted by Crippen LogP contribution is 2.28. The summed E-state index contributed by atoms with van der Waals surface area (Å²) in [6.45, 7) is 7.57. The highest BCUT2D eigenvalue weighted by atomic mass is 16.5.